The van der Waals surface area contributed by atoms with Crippen molar-refractivity contribution in [3.8, 4) is 0 Å². The van der Waals surface area contributed by atoms with Gasteiger partial charge in [-0.15, -0.1) is 0 Å². The molecule has 0 aliphatic carbocycles. The van der Waals surface area contributed by atoms with Crippen molar-refractivity contribution >= 4 is 13.5 Å². The molecule has 0 radical (unpaired) electrons. The molecule has 0 bridgehead atoms. The number of pyridine rings is 1. The maximum Gasteiger partial charge on any atom is 0.279 e. The summed E-state index contributed by atoms with van der Waals surface area (Å²) in [6.07, 6.45) is 1.40. The fraction of sp³-hybridized carbons (Fsp3) is 0.250. The van der Waals surface area contributed by atoms with Gasteiger partial charge in [0.15, 0.2) is 11.9 Å². The van der Waals surface area contributed by atoms with E-state index >= 15 is 0 Å². The van der Waals surface area contributed by atoms with Gasteiger partial charge in [-0.1, -0.05) is 30.3 Å². The smallest absolute Gasteiger partial charge is 0.279 e. The first-order valence-corrected chi connectivity index (χ1v) is 9.28. The topological polar surface area (TPSA) is 102 Å². The van der Waals surface area contributed by atoms with Gasteiger partial charge in [0.1, 0.15) is 6.16 Å². The Labute approximate surface area is 134 Å². The number of nitrogens with one attached hydrogen (secondary N) is 2. The Morgan fingerprint density at radius 1 is 1.13 bits per heavy atom. The number of benzene rings is 1. The molecule has 122 valence electrons. The molecule has 0 saturated heterocycles. The molecule has 2 rings (SSSR count). The molecular formula is C16H20N2O4P+. The Morgan fingerprint density at radius 3 is 2.57 bits per heavy atom. The van der Waals surface area contributed by atoms with E-state index in [1.807, 2.05) is 18.2 Å². The number of rotatable bonds is 8. The highest BCUT2D eigenvalue weighted by Crippen LogP contribution is 2.52. The van der Waals surface area contributed by atoms with Crippen LogP contribution in [0.15, 0.2) is 53.5 Å². The lowest BCUT2D eigenvalue weighted by Crippen LogP contribution is -2.26. The zero-order chi connectivity index (χ0) is 16.7. The number of carbonyl (C=O) groups is 1. The minimum absolute atomic E-state index is 0.0322. The third kappa shape index (κ3) is 6.42. The summed E-state index contributed by atoms with van der Waals surface area (Å²) in [6, 6.07) is 12.3. The van der Waals surface area contributed by atoms with Crippen LogP contribution in [0.1, 0.15) is 11.1 Å². The summed E-state index contributed by atoms with van der Waals surface area (Å²) in [5, 5.41) is 2.91. The first-order valence-electron chi connectivity index (χ1n) is 7.21. The summed E-state index contributed by atoms with van der Waals surface area (Å²) in [6.45, 7) is 0.404. The maximum absolute atomic E-state index is 11.9. The molecule has 23 heavy (non-hydrogen) atoms. The molecule has 2 aromatic rings. The van der Waals surface area contributed by atoms with Crippen LogP contribution in [0, 0.1) is 0 Å². The molecule has 0 fully saturated rings. The van der Waals surface area contributed by atoms with Crippen molar-refractivity contribution in [2.45, 2.75) is 12.7 Å². The van der Waals surface area contributed by atoms with Crippen molar-refractivity contribution in [1.29, 1.82) is 0 Å². The van der Waals surface area contributed by atoms with E-state index in [2.05, 4.69) is 10.3 Å². The van der Waals surface area contributed by atoms with Crippen molar-refractivity contribution in [3.05, 3.63) is 70.1 Å². The van der Waals surface area contributed by atoms with E-state index in [0.29, 0.717) is 6.54 Å². The van der Waals surface area contributed by atoms with Crippen molar-refractivity contribution in [2.75, 3.05) is 12.7 Å². The standard InChI is InChI=1S/C16H19N2O4P/c19-15(10-17-9-14-6-7-18-16(20)8-14)12-23(21,22)11-13-4-2-1-3-5-13/h1-8,17,21-22H,9-12H2/p+1. The van der Waals surface area contributed by atoms with E-state index in [0.717, 1.165) is 11.1 Å². The van der Waals surface area contributed by atoms with Gasteiger partial charge in [-0.3, -0.25) is 9.59 Å². The van der Waals surface area contributed by atoms with Gasteiger partial charge in [-0.25, -0.2) is 9.79 Å². The van der Waals surface area contributed by atoms with Gasteiger partial charge in [-0.2, -0.15) is 0 Å². The molecule has 7 heteroatoms. The molecule has 4 N–H and O–H groups in total. The summed E-state index contributed by atoms with van der Waals surface area (Å²) in [4.78, 5) is 45.7. The third-order valence-electron chi connectivity index (χ3n) is 3.20. The van der Waals surface area contributed by atoms with Gasteiger partial charge < -0.3 is 10.3 Å². The second-order valence-corrected chi connectivity index (χ2v) is 7.77. The Kier molecular flexibility index (Phi) is 6.19. The predicted molar refractivity (Wildman–Crippen MR) is 90.1 cm³/mol. The van der Waals surface area contributed by atoms with Gasteiger partial charge in [0.05, 0.1) is 6.54 Å². The van der Waals surface area contributed by atoms with Crippen LogP contribution >= 0.6 is 7.72 Å². The van der Waals surface area contributed by atoms with Crippen LogP contribution in [0.4, 0.5) is 0 Å². The van der Waals surface area contributed by atoms with E-state index in [1.165, 1.54) is 6.07 Å². The molecule has 0 unspecified atom stereocenters. The molecule has 1 aromatic heterocycles. The number of hydrogen-bond donors (Lipinski definition) is 4. The van der Waals surface area contributed by atoms with Gasteiger partial charge in [-0.05, 0) is 17.2 Å². The summed E-state index contributed by atoms with van der Waals surface area (Å²) in [5.74, 6) is -0.260. The van der Waals surface area contributed by atoms with Crippen LogP contribution in [0.5, 0.6) is 0 Å². The fourth-order valence-corrected chi connectivity index (χ4v) is 3.80. The van der Waals surface area contributed by atoms with Crippen LogP contribution in [0.2, 0.25) is 0 Å². The van der Waals surface area contributed by atoms with E-state index in [1.54, 1.807) is 24.4 Å². The SMILES string of the molecule is O=C(CNCc1cc[nH]c(=O)c1)C[P+](O)(O)Cc1ccccc1. The summed E-state index contributed by atoms with van der Waals surface area (Å²) in [7, 11) is -3.29. The maximum atomic E-state index is 11.9. The number of carbonyl (C=O) groups excluding carboxylic acids is 1. The minimum atomic E-state index is -3.29. The molecule has 0 amide bonds. The van der Waals surface area contributed by atoms with Gasteiger partial charge >= 0.3 is 0 Å². The highest BCUT2D eigenvalue weighted by molar-refractivity contribution is 7.64. The van der Waals surface area contributed by atoms with Crippen molar-refractivity contribution < 1.29 is 14.6 Å². The minimum Gasteiger partial charge on any atom is -0.329 e. The number of aromatic amines is 1. The van der Waals surface area contributed by atoms with E-state index in [9.17, 15) is 19.4 Å². The fourth-order valence-electron chi connectivity index (χ4n) is 2.22. The average molecular weight is 335 g/mol. The predicted octanol–water partition coefficient (Wildman–Crippen LogP) is 1.07. The number of hydrogen-bond acceptors (Lipinski definition) is 5. The number of Topliss-reactive ketones (excluding diaryl/α,β-unsaturated/α-hetero) is 1. The van der Waals surface area contributed by atoms with Crippen LogP contribution in [-0.4, -0.2) is 33.3 Å². The lowest BCUT2D eigenvalue weighted by Gasteiger charge is -2.12. The highest BCUT2D eigenvalue weighted by atomic mass is 31.2. The number of aromatic nitrogens is 1. The van der Waals surface area contributed by atoms with Crippen molar-refractivity contribution in [2.24, 2.45) is 0 Å². The molecule has 1 aromatic carbocycles. The van der Waals surface area contributed by atoms with Crippen LogP contribution in [-0.2, 0) is 17.5 Å². The first-order chi connectivity index (χ1) is 10.9. The zero-order valence-corrected chi connectivity index (χ0v) is 13.5. The summed E-state index contributed by atoms with van der Waals surface area (Å²) < 4.78 is 0. The molecule has 0 aliphatic heterocycles. The lowest BCUT2D eigenvalue weighted by atomic mass is 10.2. The molecule has 0 atom stereocenters. The number of ketones is 1. The van der Waals surface area contributed by atoms with Gasteiger partial charge in [0.2, 0.25) is 5.56 Å². The molecule has 0 spiro atoms. The monoisotopic (exact) mass is 335 g/mol. The van der Waals surface area contributed by atoms with Crippen molar-refractivity contribution in [1.82, 2.24) is 10.3 Å². The molecular weight excluding hydrogens is 315 g/mol. The summed E-state index contributed by atoms with van der Waals surface area (Å²) >= 11 is 0. The quantitative estimate of drug-likeness (QED) is 0.541. The normalized spacial score (nSPS) is 11.4. The van der Waals surface area contributed by atoms with Crippen LogP contribution in [0.3, 0.4) is 0 Å². The van der Waals surface area contributed by atoms with Crippen LogP contribution in [0.25, 0.3) is 0 Å². The second kappa shape index (κ2) is 8.13. The Bertz CT molecular complexity index is 700. The first kappa shape index (κ1) is 17.5. The largest absolute Gasteiger partial charge is 0.329 e. The van der Waals surface area contributed by atoms with E-state index in [4.69, 9.17) is 0 Å². The van der Waals surface area contributed by atoms with E-state index < -0.39 is 7.72 Å². The Hall–Kier alpha value is -1.85. The third-order valence-corrected chi connectivity index (χ3v) is 4.93. The Balaban J connectivity index is 1.78. The average Bonchev–Trinajstić information content (AvgIpc) is 2.47. The summed E-state index contributed by atoms with van der Waals surface area (Å²) in [5.41, 5.74) is 1.36. The highest BCUT2D eigenvalue weighted by Gasteiger charge is 2.36. The molecule has 6 nitrogen and oxygen atoms in total. The second-order valence-electron chi connectivity index (χ2n) is 5.38. The van der Waals surface area contributed by atoms with Crippen molar-refractivity contribution in [3.63, 3.8) is 0 Å². The lowest BCUT2D eigenvalue weighted by molar-refractivity contribution is -0.116. The molecule has 0 aliphatic rings. The molecule has 1 heterocycles. The van der Waals surface area contributed by atoms with Gasteiger partial charge in [0, 0.05) is 18.8 Å². The van der Waals surface area contributed by atoms with Crippen LogP contribution < -0.4 is 10.9 Å². The van der Waals surface area contributed by atoms with Gasteiger partial charge in [0.25, 0.3) is 7.72 Å². The number of H-pyrrole nitrogens is 1. The zero-order valence-electron chi connectivity index (χ0n) is 12.6. The van der Waals surface area contributed by atoms with E-state index in [-0.39, 0.29) is 30.2 Å². The molecule has 0 saturated carbocycles. The Morgan fingerprint density at radius 2 is 1.87 bits per heavy atom.